The molecular weight excluding hydrogens is 222 g/mol. The first-order valence-electron chi connectivity index (χ1n) is 6.65. The van der Waals surface area contributed by atoms with Crippen LogP contribution >= 0.6 is 0 Å². The molecule has 0 aromatic heterocycles. The van der Waals surface area contributed by atoms with Crippen molar-refractivity contribution in [2.75, 3.05) is 13.1 Å². The molecule has 3 heterocycles. The molecule has 3 heteroatoms. The van der Waals surface area contributed by atoms with E-state index in [1.165, 1.54) is 30.0 Å². The molecule has 3 aliphatic heterocycles. The Hall–Kier alpha value is -1.90. The number of benzene rings is 1. The molecule has 3 nitrogen and oxygen atoms in total. The number of hydrogen-bond acceptors (Lipinski definition) is 3. The van der Waals surface area contributed by atoms with Gasteiger partial charge in [-0.15, -0.1) is 0 Å². The fourth-order valence-electron chi connectivity index (χ4n) is 2.90. The molecule has 0 radical (unpaired) electrons. The minimum Gasteiger partial charge on any atom is -0.357 e. The Morgan fingerprint density at radius 2 is 1.94 bits per heavy atom. The zero-order valence-electron chi connectivity index (χ0n) is 10.3. The van der Waals surface area contributed by atoms with E-state index in [0.717, 1.165) is 30.0 Å². The number of hydrogen-bond donors (Lipinski definition) is 0. The summed E-state index contributed by atoms with van der Waals surface area (Å²) in [6.45, 7) is 2.29. The quantitative estimate of drug-likeness (QED) is 0.729. The number of likely N-dealkylation sites (tertiary alicyclic amines) is 1. The minimum absolute atomic E-state index is 1.05. The van der Waals surface area contributed by atoms with Gasteiger partial charge >= 0.3 is 0 Å². The van der Waals surface area contributed by atoms with Gasteiger partial charge in [0, 0.05) is 30.1 Å². The summed E-state index contributed by atoms with van der Waals surface area (Å²) in [5, 5.41) is 2.28. The molecule has 0 N–H and O–H groups in total. The summed E-state index contributed by atoms with van der Waals surface area (Å²) in [7, 11) is 0. The second-order valence-electron chi connectivity index (χ2n) is 5.04. The highest BCUT2D eigenvalue weighted by Gasteiger charge is 2.17. The van der Waals surface area contributed by atoms with Crippen LogP contribution in [0.1, 0.15) is 24.8 Å². The van der Waals surface area contributed by atoms with Crippen molar-refractivity contribution < 1.29 is 0 Å². The van der Waals surface area contributed by atoms with Crippen LogP contribution in [0.4, 0.5) is 5.69 Å². The summed E-state index contributed by atoms with van der Waals surface area (Å²) in [6.07, 6.45) is 10.1. The highest BCUT2D eigenvalue weighted by Crippen LogP contribution is 2.20. The van der Waals surface area contributed by atoms with E-state index in [1.54, 1.807) is 0 Å². The lowest BCUT2D eigenvalue weighted by atomic mass is 10.1. The molecule has 1 aromatic carbocycles. The summed E-state index contributed by atoms with van der Waals surface area (Å²) < 4.78 is 0. The Kier molecular flexibility index (Phi) is 2.13. The predicted molar refractivity (Wildman–Crippen MR) is 73.2 cm³/mol. The first-order chi connectivity index (χ1) is 8.92. The zero-order valence-corrected chi connectivity index (χ0v) is 10.3. The van der Waals surface area contributed by atoms with Crippen molar-refractivity contribution in [2.24, 2.45) is 9.98 Å². The molecule has 3 aliphatic rings. The van der Waals surface area contributed by atoms with Gasteiger partial charge in [0.2, 0.25) is 0 Å². The molecule has 0 unspecified atom stereocenters. The largest absolute Gasteiger partial charge is 0.357 e. The summed E-state index contributed by atoms with van der Waals surface area (Å²) in [6, 6.07) is 4.21. The Morgan fingerprint density at radius 1 is 1.06 bits per heavy atom. The molecule has 1 saturated heterocycles. The first-order valence-corrected chi connectivity index (χ1v) is 6.65. The van der Waals surface area contributed by atoms with Gasteiger partial charge in [-0.2, -0.15) is 0 Å². The van der Waals surface area contributed by atoms with Gasteiger partial charge in [0.15, 0.2) is 0 Å². The minimum atomic E-state index is 1.05. The number of nitrogens with zero attached hydrogens (tertiary/aromatic N) is 3. The monoisotopic (exact) mass is 237 g/mol. The molecule has 0 spiro atoms. The molecule has 1 fully saturated rings. The van der Waals surface area contributed by atoms with Gasteiger partial charge in [-0.3, -0.25) is 4.99 Å². The van der Waals surface area contributed by atoms with Crippen molar-refractivity contribution in [3.8, 4) is 0 Å². The fraction of sp³-hybridized carbons (Fsp3) is 0.333. The van der Waals surface area contributed by atoms with Crippen molar-refractivity contribution >= 4 is 24.1 Å². The van der Waals surface area contributed by atoms with Crippen molar-refractivity contribution in [1.29, 1.82) is 0 Å². The molecule has 1 aromatic rings. The lowest BCUT2D eigenvalue weighted by Gasteiger charge is -2.27. The normalized spacial score (nSPS) is 20.0. The number of rotatable bonds is 1. The van der Waals surface area contributed by atoms with Crippen molar-refractivity contribution in [1.82, 2.24) is 4.90 Å². The molecule has 0 amide bonds. The molecule has 18 heavy (non-hydrogen) atoms. The van der Waals surface area contributed by atoms with Crippen LogP contribution in [0.5, 0.6) is 0 Å². The standard InChI is InChI=1S/C15H15N3/c1-2-8-18(9-3-1)14-10-11-4-5-13-12(6-7-16-13)15(11)17-14/h4-7,10H,1-3,8-9H2. The van der Waals surface area contributed by atoms with Crippen LogP contribution in [0.25, 0.3) is 12.2 Å². The lowest BCUT2D eigenvalue weighted by molar-refractivity contribution is 0.285. The lowest BCUT2D eigenvalue weighted by Crippen LogP contribution is -2.29. The maximum absolute atomic E-state index is 4.82. The van der Waals surface area contributed by atoms with E-state index in [9.17, 15) is 0 Å². The molecule has 0 bridgehead atoms. The second-order valence-corrected chi connectivity index (χ2v) is 5.04. The Bertz CT molecular complexity index is 676. The zero-order chi connectivity index (χ0) is 11.9. The van der Waals surface area contributed by atoms with E-state index in [4.69, 9.17) is 4.99 Å². The number of aliphatic imine (C=N–C) groups is 1. The Labute approximate surface area is 106 Å². The summed E-state index contributed by atoms with van der Waals surface area (Å²) in [4.78, 5) is 11.6. The van der Waals surface area contributed by atoms with Gasteiger partial charge in [-0.05, 0) is 37.5 Å². The van der Waals surface area contributed by atoms with Gasteiger partial charge < -0.3 is 4.90 Å². The van der Waals surface area contributed by atoms with E-state index in [2.05, 4.69) is 34.2 Å². The molecule has 0 atom stereocenters. The summed E-state index contributed by atoms with van der Waals surface area (Å²) in [5.41, 5.74) is 2.28. The van der Waals surface area contributed by atoms with Gasteiger partial charge in [0.25, 0.3) is 0 Å². The third-order valence-corrected chi connectivity index (χ3v) is 3.87. The maximum atomic E-state index is 4.82. The topological polar surface area (TPSA) is 28.0 Å². The number of piperidine rings is 1. The van der Waals surface area contributed by atoms with Gasteiger partial charge in [-0.25, -0.2) is 4.99 Å². The fourth-order valence-corrected chi connectivity index (χ4v) is 2.90. The van der Waals surface area contributed by atoms with E-state index in [0.29, 0.717) is 0 Å². The average Bonchev–Trinajstić information content (AvgIpc) is 3.05. The highest BCUT2D eigenvalue weighted by atomic mass is 15.2. The summed E-state index contributed by atoms with van der Waals surface area (Å²) >= 11 is 0. The smallest absolute Gasteiger partial charge is 0.129 e. The van der Waals surface area contributed by atoms with Gasteiger partial charge in [0.1, 0.15) is 5.82 Å². The first kappa shape index (κ1) is 10.1. The van der Waals surface area contributed by atoms with E-state index >= 15 is 0 Å². The van der Waals surface area contributed by atoms with Crippen LogP contribution in [0, 0.1) is 0 Å². The van der Waals surface area contributed by atoms with Crippen LogP contribution in [-0.2, 0) is 0 Å². The summed E-state index contributed by atoms with van der Waals surface area (Å²) in [5.74, 6) is 1.14. The molecule has 90 valence electrons. The third-order valence-electron chi connectivity index (χ3n) is 3.87. The molecule has 0 saturated carbocycles. The SMILES string of the molecule is C1=Nc2ccc3c(c2=C1)=NC(N1CCCCC1)=C3. The van der Waals surface area contributed by atoms with Gasteiger partial charge in [-0.1, -0.05) is 6.07 Å². The van der Waals surface area contributed by atoms with Crippen LogP contribution in [0.3, 0.4) is 0 Å². The van der Waals surface area contributed by atoms with Gasteiger partial charge in [0.05, 0.1) is 11.0 Å². The third kappa shape index (κ3) is 1.43. The highest BCUT2D eigenvalue weighted by molar-refractivity contribution is 5.97. The van der Waals surface area contributed by atoms with Crippen LogP contribution < -0.4 is 10.6 Å². The van der Waals surface area contributed by atoms with Crippen LogP contribution in [-0.4, -0.2) is 24.2 Å². The Morgan fingerprint density at radius 3 is 2.83 bits per heavy atom. The van der Waals surface area contributed by atoms with Crippen molar-refractivity contribution in [3.05, 3.63) is 34.1 Å². The molecule has 0 aliphatic carbocycles. The molecular formula is C15H15N3. The second kappa shape index (κ2) is 3.80. The molecule has 4 rings (SSSR count). The van der Waals surface area contributed by atoms with E-state index in [-0.39, 0.29) is 0 Å². The predicted octanol–water partition coefficient (Wildman–Crippen LogP) is 1.60. The average molecular weight is 237 g/mol. The van der Waals surface area contributed by atoms with Crippen molar-refractivity contribution in [2.45, 2.75) is 19.3 Å². The van der Waals surface area contributed by atoms with Crippen molar-refractivity contribution in [3.63, 3.8) is 0 Å². The van der Waals surface area contributed by atoms with E-state index in [1.807, 2.05) is 6.21 Å². The Balaban J connectivity index is 1.79. The van der Waals surface area contributed by atoms with E-state index < -0.39 is 0 Å². The van der Waals surface area contributed by atoms with Crippen LogP contribution in [0.15, 0.2) is 27.9 Å². The maximum Gasteiger partial charge on any atom is 0.129 e. The van der Waals surface area contributed by atoms with Crippen LogP contribution in [0.2, 0.25) is 0 Å². The number of fused-ring (bicyclic) bond motifs is 3.